The van der Waals surface area contributed by atoms with E-state index in [0.29, 0.717) is 0 Å². The third-order valence-electron chi connectivity index (χ3n) is 4.51. The lowest BCUT2D eigenvalue weighted by atomic mass is 10.4. The Hall–Kier alpha value is -1.91. The largest absolute Gasteiger partial charge is 0.101 e. The molecule has 0 radical (unpaired) electrons. The van der Waals surface area contributed by atoms with Gasteiger partial charge in [-0.15, -0.1) is 0 Å². The lowest BCUT2D eigenvalue weighted by Crippen LogP contribution is -2.67. The highest BCUT2D eigenvalue weighted by atomic mass is 29.2. The van der Waals surface area contributed by atoms with Gasteiger partial charge < -0.3 is 0 Å². The Morgan fingerprint density at radius 3 is 1.32 bits per heavy atom. The molecule has 0 aliphatic heterocycles. The van der Waals surface area contributed by atoms with Gasteiger partial charge in [0.2, 0.25) is 0 Å². The van der Waals surface area contributed by atoms with Crippen LogP contribution in [0.5, 0.6) is 0 Å². The zero-order chi connectivity index (χ0) is 15.4. The van der Waals surface area contributed by atoms with Crippen molar-refractivity contribution in [3.05, 3.63) is 91.0 Å². The molecule has 0 fully saturated rings. The summed E-state index contributed by atoms with van der Waals surface area (Å²) in [5.74, 6) is 0. The Kier molecular flexibility index (Phi) is 4.41. The molecule has 0 aromatic heterocycles. The molecule has 0 spiro atoms. The van der Waals surface area contributed by atoms with Gasteiger partial charge >= 0.3 is 0 Å². The molecule has 0 heterocycles. The summed E-state index contributed by atoms with van der Waals surface area (Å²) in [4.78, 5) is 0. The van der Waals surface area contributed by atoms with Gasteiger partial charge in [0.15, 0.2) is 0 Å². The highest BCUT2D eigenvalue weighted by molar-refractivity contribution is 7.46. The van der Waals surface area contributed by atoms with E-state index in [2.05, 4.69) is 104 Å². The fraction of sp³-hybridized carbons (Fsp3) is 0.100. The first-order valence-electron chi connectivity index (χ1n) is 7.85. The molecule has 0 atom stereocenters. The molecule has 3 aromatic carbocycles. The molecule has 3 aromatic rings. The summed E-state index contributed by atoms with van der Waals surface area (Å²) >= 11 is 0. The van der Waals surface area contributed by atoms with E-state index in [0.717, 1.165) is 0 Å². The van der Waals surface area contributed by atoms with Crippen molar-refractivity contribution >= 4 is 31.5 Å². The van der Waals surface area contributed by atoms with E-state index in [4.69, 9.17) is 0 Å². The predicted molar refractivity (Wildman–Crippen MR) is 103 cm³/mol. The van der Waals surface area contributed by atoms with Crippen LogP contribution in [0.1, 0.15) is 0 Å². The maximum Gasteiger partial charge on any atom is 0.101 e. The fourth-order valence-electron chi connectivity index (χ4n) is 3.35. The minimum atomic E-state index is -1.55. The van der Waals surface area contributed by atoms with E-state index in [1.807, 2.05) is 0 Å². The minimum absolute atomic E-state index is 1.25. The Balaban J connectivity index is 2.14. The number of benzene rings is 3. The highest BCUT2D eigenvalue weighted by Crippen LogP contribution is 2.10. The van der Waals surface area contributed by atoms with Crippen LogP contribution in [-0.2, 0) is 0 Å². The lowest BCUT2D eigenvalue weighted by molar-refractivity contribution is 1.71. The van der Waals surface area contributed by atoms with Gasteiger partial charge in [-0.1, -0.05) is 120 Å². The van der Waals surface area contributed by atoms with E-state index >= 15 is 0 Å². The molecule has 2 heteroatoms. The second-order valence-electron chi connectivity index (χ2n) is 6.34. The van der Waals surface area contributed by atoms with Gasteiger partial charge in [0, 0.05) is 0 Å². The van der Waals surface area contributed by atoms with Gasteiger partial charge in [0.05, 0.1) is 7.59 Å². The molecule has 0 bridgehead atoms. The first-order valence-corrected chi connectivity index (χ1v) is 13.8. The zero-order valence-corrected chi connectivity index (χ0v) is 15.4. The van der Waals surface area contributed by atoms with Crippen molar-refractivity contribution in [1.82, 2.24) is 0 Å². The lowest BCUT2D eigenvalue weighted by Gasteiger charge is -2.33. The topological polar surface area (TPSA) is 0 Å². The van der Waals surface area contributed by atoms with Crippen molar-refractivity contribution in [3.63, 3.8) is 0 Å². The van der Waals surface area contributed by atoms with Crippen LogP contribution in [0.4, 0.5) is 0 Å². The second-order valence-corrected chi connectivity index (χ2v) is 18.6. The Bertz CT molecular complexity index is 667. The summed E-state index contributed by atoms with van der Waals surface area (Å²) in [6, 6.07) is 33.5. The van der Waals surface area contributed by atoms with Crippen LogP contribution >= 0.6 is 0 Å². The summed E-state index contributed by atoms with van der Waals surface area (Å²) in [5, 5.41) is 4.70. The summed E-state index contributed by atoms with van der Waals surface area (Å²) in [6.07, 6.45) is 0. The second kappa shape index (κ2) is 6.47. The molecule has 110 valence electrons. The Morgan fingerprint density at radius 2 is 0.909 bits per heavy atom. The number of hydrogen-bond acceptors (Lipinski definition) is 0. The molecule has 22 heavy (non-hydrogen) atoms. The SMILES string of the molecule is C[Si](C)(c1ccccc1)[SiH](c1ccccc1)c1ccccc1. The highest BCUT2D eigenvalue weighted by Gasteiger charge is 2.37. The maximum absolute atomic E-state index is 2.54. The molecule has 0 aliphatic rings. The van der Waals surface area contributed by atoms with Gasteiger partial charge in [-0.3, -0.25) is 0 Å². The van der Waals surface area contributed by atoms with E-state index in [9.17, 15) is 0 Å². The Labute approximate surface area is 135 Å². The smallest absolute Gasteiger partial charge is 0.0670 e. The summed E-state index contributed by atoms with van der Waals surface area (Å²) < 4.78 is 0. The van der Waals surface area contributed by atoms with Gasteiger partial charge in [-0.25, -0.2) is 0 Å². The molecular formula is C20H22Si2. The third-order valence-corrected chi connectivity index (χ3v) is 17.2. The maximum atomic E-state index is 2.54. The van der Waals surface area contributed by atoms with E-state index < -0.39 is 15.9 Å². The van der Waals surface area contributed by atoms with Crippen molar-refractivity contribution in [2.75, 3.05) is 0 Å². The van der Waals surface area contributed by atoms with Crippen molar-refractivity contribution in [2.45, 2.75) is 13.1 Å². The molecule has 0 amide bonds. The zero-order valence-electron chi connectivity index (χ0n) is 13.2. The van der Waals surface area contributed by atoms with Crippen molar-refractivity contribution in [2.24, 2.45) is 0 Å². The Morgan fingerprint density at radius 1 is 0.545 bits per heavy atom. The molecule has 0 saturated carbocycles. The fourth-order valence-corrected chi connectivity index (χ4v) is 15.7. The normalized spacial score (nSPS) is 11.6. The minimum Gasteiger partial charge on any atom is -0.0670 e. The quantitative estimate of drug-likeness (QED) is 0.649. The van der Waals surface area contributed by atoms with Gasteiger partial charge in [0.1, 0.15) is 8.31 Å². The first-order chi connectivity index (χ1) is 10.7. The van der Waals surface area contributed by atoms with Crippen LogP contribution in [0.15, 0.2) is 91.0 Å². The average molecular weight is 319 g/mol. The van der Waals surface area contributed by atoms with Crippen LogP contribution in [-0.4, -0.2) is 15.9 Å². The molecule has 0 N–H and O–H groups in total. The van der Waals surface area contributed by atoms with Crippen molar-refractivity contribution in [1.29, 1.82) is 0 Å². The third kappa shape index (κ3) is 2.98. The van der Waals surface area contributed by atoms with Gasteiger partial charge in [-0.05, 0) is 0 Å². The van der Waals surface area contributed by atoms with E-state index in [-0.39, 0.29) is 0 Å². The van der Waals surface area contributed by atoms with Crippen LogP contribution in [0, 0.1) is 0 Å². The number of rotatable bonds is 4. The van der Waals surface area contributed by atoms with Crippen LogP contribution in [0.3, 0.4) is 0 Å². The molecule has 3 rings (SSSR count). The molecular weight excluding hydrogens is 296 g/mol. The van der Waals surface area contributed by atoms with Gasteiger partial charge in [-0.2, -0.15) is 0 Å². The molecule has 0 nitrogen and oxygen atoms in total. The van der Waals surface area contributed by atoms with Crippen molar-refractivity contribution in [3.8, 4) is 0 Å². The molecule has 0 unspecified atom stereocenters. The monoisotopic (exact) mass is 318 g/mol. The van der Waals surface area contributed by atoms with Crippen LogP contribution < -0.4 is 15.6 Å². The standard InChI is InChI=1S/C20H22Si2/c1-22(2,20-16-10-5-11-17-20)21(18-12-6-3-7-13-18)19-14-8-4-9-15-19/h3-17,21H,1-2H3. The van der Waals surface area contributed by atoms with Gasteiger partial charge in [0.25, 0.3) is 0 Å². The number of hydrogen-bond donors (Lipinski definition) is 0. The average Bonchev–Trinajstić information content (AvgIpc) is 2.58. The van der Waals surface area contributed by atoms with Crippen molar-refractivity contribution < 1.29 is 0 Å². The van der Waals surface area contributed by atoms with Crippen LogP contribution in [0.25, 0.3) is 0 Å². The molecule has 0 saturated heterocycles. The molecule has 0 aliphatic carbocycles. The van der Waals surface area contributed by atoms with Crippen LogP contribution in [0.2, 0.25) is 13.1 Å². The summed E-state index contributed by atoms with van der Waals surface area (Å²) in [6.45, 7) is 5.08. The summed E-state index contributed by atoms with van der Waals surface area (Å²) in [5.41, 5.74) is 0. The van der Waals surface area contributed by atoms with E-state index in [1.165, 1.54) is 0 Å². The predicted octanol–water partition coefficient (Wildman–Crippen LogP) is 2.72. The van der Waals surface area contributed by atoms with E-state index in [1.54, 1.807) is 15.6 Å². The summed E-state index contributed by atoms with van der Waals surface area (Å²) in [7, 11) is -2.80. The first kappa shape index (κ1) is 15.0.